The summed E-state index contributed by atoms with van der Waals surface area (Å²) in [5.41, 5.74) is 0.500. The number of thiazole rings is 1. The molecular formula is C14H14N2O4S. The van der Waals surface area contributed by atoms with E-state index in [1.165, 1.54) is 6.08 Å². The molecule has 2 aromatic rings. The van der Waals surface area contributed by atoms with Gasteiger partial charge in [0.15, 0.2) is 10.9 Å². The standard InChI is InChI=1S/C14H14N2O4S/c1-4-7-19-13(18)11-9(3)15-14(21-11)16-12(17)10-6-5-8(2)20-10/h4-6H,1,7H2,2-3H3,(H,15,16,17). The smallest absolute Gasteiger partial charge is 0.350 e. The normalized spacial score (nSPS) is 10.2. The highest BCUT2D eigenvalue weighted by molar-refractivity contribution is 7.17. The first kappa shape index (κ1) is 15.0. The Labute approximate surface area is 125 Å². The molecule has 21 heavy (non-hydrogen) atoms. The summed E-state index contributed by atoms with van der Waals surface area (Å²) in [5.74, 6) is -0.0672. The van der Waals surface area contributed by atoms with Crippen molar-refractivity contribution in [2.75, 3.05) is 11.9 Å². The number of anilines is 1. The summed E-state index contributed by atoms with van der Waals surface area (Å²) in [5, 5.41) is 2.91. The third-order valence-electron chi connectivity index (χ3n) is 2.50. The van der Waals surface area contributed by atoms with Crippen LogP contribution in [0.3, 0.4) is 0 Å². The van der Waals surface area contributed by atoms with Gasteiger partial charge in [-0.15, -0.1) is 0 Å². The molecule has 2 rings (SSSR count). The van der Waals surface area contributed by atoms with Crippen molar-refractivity contribution in [1.82, 2.24) is 4.98 Å². The van der Waals surface area contributed by atoms with Crippen LogP contribution in [-0.4, -0.2) is 23.5 Å². The number of amides is 1. The van der Waals surface area contributed by atoms with Gasteiger partial charge >= 0.3 is 5.97 Å². The number of furan rings is 1. The van der Waals surface area contributed by atoms with Crippen LogP contribution >= 0.6 is 11.3 Å². The molecule has 0 unspecified atom stereocenters. The number of hydrogen-bond acceptors (Lipinski definition) is 6. The molecule has 7 heteroatoms. The molecule has 1 N–H and O–H groups in total. The van der Waals surface area contributed by atoms with Crippen molar-refractivity contribution in [3.8, 4) is 0 Å². The number of nitrogens with zero attached hydrogens (tertiary/aromatic N) is 1. The van der Waals surface area contributed by atoms with Crippen LogP contribution < -0.4 is 5.32 Å². The minimum Gasteiger partial charge on any atom is -0.457 e. The zero-order valence-corrected chi connectivity index (χ0v) is 12.5. The molecule has 2 aromatic heterocycles. The van der Waals surface area contributed by atoms with E-state index in [1.54, 1.807) is 26.0 Å². The number of carbonyl (C=O) groups excluding carboxylic acids is 2. The Bertz CT molecular complexity index is 687. The largest absolute Gasteiger partial charge is 0.457 e. The molecule has 0 fully saturated rings. The van der Waals surface area contributed by atoms with Crippen molar-refractivity contribution >= 4 is 28.3 Å². The van der Waals surface area contributed by atoms with E-state index in [0.717, 1.165) is 11.3 Å². The average molecular weight is 306 g/mol. The number of esters is 1. The fraction of sp³-hybridized carbons (Fsp3) is 0.214. The second-order valence-electron chi connectivity index (χ2n) is 4.19. The van der Waals surface area contributed by atoms with Crippen LogP contribution in [0.2, 0.25) is 0 Å². The molecule has 0 aliphatic carbocycles. The van der Waals surface area contributed by atoms with Crippen molar-refractivity contribution in [3.63, 3.8) is 0 Å². The lowest BCUT2D eigenvalue weighted by Crippen LogP contribution is -2.10. The van der Waals surface area contributed by atoms with Crippen LogP contribution in [0.15, 0.2) is 29.2 Å². The number of carbonyl (C=O) groups is 2. The summed E-state index contributed by atoms with van der Waals surface area (Å²) in [6.07, 6.45) is 1.48. The van der Waals surface area contributed by atoms with Gasteiger partial charge in [0.2, 0.25) is 0 Å². The van der Waals surface area contributed by atoms with Crippen LogP contribution in [0.5, 0.6) is 0 Å². The van der Waals surface area contributed by atoms with E-state index >= 15 is 0 Å². The Balaban J connectivity index is 2.10. The second-order valence-corrected chi connectivity index (χ2v) is 5.18. The lowest BCUT2D eigenvalue weighted by Gasteiger charge is -1.98. The van der Waals surface area contributed by atoms with Crippen molar-refractivity contribution < 1.29 is 18.7 Å². The van der Waals surface area contributed by atoms with Crippen LogP contribution in [-0.2, 0) is 4.74 Å². The molecule has 0 aromatic carbocycles. The molecule has 0 aliphatic heterocycles. The Morgan fingerprint density at radius 2 is 2.24 bits per heavy atom. The Morgan fingerprint density at radius 1 is 1.48 bits per heavy atom. The number of hydrogen-bond donors (Lipinski definition) is 1. The topological polar surface area (TPSA) is 81.4 Å². The quantitative estimate of drug-likeness (QED) is 0.678. The predicted molar refractivity (Wildman–Crippen MR) is 78.7 cm³/mol. The maximum Gasteiger partial charge on any atom is 0.350 e. The van der Waals surface area contributed by atoms with Gasteiger partial charge in [-0.2, -0.15) is 0 Å². The van der Waals surface area contributed by atoms with E-state index in [-0.39, 0.29) is 12.4 Å². The van der Waals surface area contributed by atoms with Gasteiger partial charge < -0.3 is 9.15 Å². The van der Waals surface area contributed by atoms with E-state index in [9.17, 15) is 9.59 Å². The van der Waals surface area contributed by atoms with Crippen molar-refractivity contribution in [2.45, 2.75) is 13.8 Å². The minimum atomic E-state index is -0.487. The Kier molecular flexibility index (Phi) is 4.54. The van der Waals surface area contributed by atoms with E-state index in [4.69, 9.17) is 9.15 Å². The van der Waals surface area contributed by atoms with Crippen molar-refractivity contribution in [3.05, 3.63) is 46.9 Å². The average Bonchev–Trinajstić information content (AvgIpc) is 3.02. The molecule has 0 saturated heterocycles. The first-order valence-electron chi connectivity index (χ1n) is 6.14. The van der Waals surface area contributed by atoms with Crippen LogP contribution in [0, 0.1) is 13.8 Å². The zero-order valence-electron chi connectivity index (χ0n) is 11.6. The molecule has 0 aliphatic rings. The third-order valence-corrected chi connectivity index (χ3v) is 3.55. The zero-order chi connectivity index (χ0) is 15.4. The highest BCUT2D eigenvalue weighted by Gasteiger charge is 2.19. The number of nitrogens with one attached hydrogen (secondary N) is 1. The summed E-state index contributed by atoms with van der Waals surface area (Å²) in [4.78, 5) is 28.2. The van der Waals surface area contributed by atoms with Crippen molar-refractivity contribution in [1.29, 1.82) is 0 Å². The fourth-order valence-electron chi connectivity index (χ4n) is 1.55. The molecule has 2 heterocycles. The van der Waals surface area contributed by atoms with Crippen LogP contribution in [0.25, 0.3) is 0 Å². The molecular weight excluding hydrogens is 292 g/mol. The van der Waals surface area contributed by atoms with Gasteiger partial charge in [-0.1, -0.05) is 24.0 Å². The number of ether oxygens (including phenoxy) is 1. The molecule has 0 bridgehead atoms. The lowest BCUT2D eigenvalue weighted by atomic mass is 10.4. The first-order chi connectivity index (χ1) is 10.0. The molecule has 1 amide bonds. The van der Waals surface area contributed by atoms with Gasteiger partial charge in [0.1, 0.15) is 17.2 Å². The highest BCUT2D eigenvalue weighted by Crippen LogP contribution is 2.24. The molecule has 0 saturated carbocycles. The van der Waals surface area contributed by atoms with E-state index in [2.05, 4.69) is 16.9 Å². The van der Waals surface area contributed by atoms with Gasteiger partial charge in [-0.25, -0.2) is 9.78 Å². The molecule has 0 radical (unpaired) electrons. The van der Waals surface area contributed by atoms with E-state index in [0.29, 0.717) is 21.5 Å². The maximum atomic E-state index is 11.9. The second kappa shape index (κ2) is 6.36. The van der Waals surface area contributed by atoms with E-state index in [1.807, 2.05) is 0 Å². The first-order valence-corrected chi connectivity index (χ1v) is 6.96. The van der Waals surface area contributed by atoms with Gasteiger partial charge in [-0.05, 0) is 26.0 Å². The number of aromatic nitrogens is 1. The number of aryl methyl sites for hydroxylation is 2. The van der Waals surface area contributed by atoms with Gasteiger partial charge in [-0.3, -0.25) is 10.1 Å². The van der Waals surface area contributed by atoms with Crippen LogP contribution in [0.1, 0.15) is 31.7 Å². The lowest BCUT2D eigenvalue weighted by molar-refractivity contribution is 0.0554. The molecule has 110 valence electrons. The third kappa shape index (κ3) is 3.57. The van der Waals surface area contributed by atoms with Gasteiger partial charge in [0.05, 0.1) is 5.69 Å². The summed E-state index contributed by atoms with van der Waals surface area (Å²) in [6.45, 7) is 7.02. The summed E-state index contributed by atoms with van der Waals surface area (Å²) < 4.78 is 10.2. The maximum absolute atomic E-state index is 11.9. The monoisotopic (exact) mass is 306 g/mol. The molecule has 0 atom stereocenters. The van der Waals surface area contributed by atoms with Crippen molar-refractivity contribution in [2.24, 2.45) is 0 Å². The Morgan fingerprint density at radius 3 is 2.86 bits per heavy atom. The van der Waals surface area contributed by atoms with Gasteiger partial charge in [0, 0.05) is 0 Å². The van der Waals surface area contributed by atoms with E-state index < -0.39 is 11.9 Å². The number of rotatable bonds is 5. The SMILES string of the molecule is C=CCOC(=O)c1sc(NC(=O)c2ccc(C)o2)nc1C. The molecule has 0 spiro atoms. The van der Waals surface area contributed by atoms with Gasteiger partial charge in [0.25, 0.3) is 5.91 Å². The Hall–Kier alpha value is -2.41. The fourth-order valence-corrected chi connectivity index (χ4v) is 2.41. The highest BCUT2D eigenvalue weighted by atomic mass is 32.1. The summed E-state index contributed by atoms with van der Waals surface area (Å²) >= 11 is 1.05. The predicted octanol–water partition coefficient (Wildman–Crippen LogP) is 2.95. The summed E-state index contributed by atoms with van der Waals surface area (Å²) in [7, 11) is 0. The van der Waals surface area contributed by atoms with Crippen LogP contribution in [0.4, 0.5) is 5.13 Å². The minimum absolute atomic E-state index is 0.129. The molecule has 6 nitrogen and oxygen atoms in total. The summed E-state index contributed by atoms with van der Waals surface area (Å²) in [6, 6.07) is 3.27.